The van der Waals surface area contributed by atoms with Gasteiger partial charge in [-0.15, -0.1) is 0 Å². The van der Waals surface area contributed by atoms with Gasteiger partial charge in [-0.3, -0.25) is 37.3 Å². The molecular weight excluding hydrogens is 1430 g/mol. The van der Waals surface area contributed by atoms with E-state index in [2.05, 4.69) is 55.4 Å². The van der Waals surface area contributed by atoms with Crippen molar-refractivity contribution in [3.05, 3.63) is 0 Å². The lowest BCUT2D eigenvalue weighted by Gasteiger charge is -2.21. The van der Waals surface area contributed by atoms with Gasteiger partial charge in [0.15, 0.2) is 12.2 Å². The summed E-state index contributed by atoms with van der Waals surface area (Å²) in [6.45, 7) is 14.4. The van der Waals surface area contributed by atoms with Crippen LogP contribution in [0.4, 0.5) is 0 Å². The molecule has 4 unspecified atom stereocenters. The molecule has 0 rings (SSSR count). The van der Waals surface area contributed by atoms with Gasteiger partial charge in [0, 0.05) is 25.7 Å². The molecule has 3 N–H and O–H groups in total. The summed E-state index contributed by atoms with van der Waals surface area (Å²) in [5, 5.41) is 10.7. The highest BCUT2D eigenvalue weighted by Gasteiger charge is 2.31. The highest BCUT2D eigenvalue weighted by molar-refractivity contribution is 7.47. The molecule has 0 aliphatic heterocycles. The summed E-state index contributed by atoms with van der Waals surface area (Å²) in [5.41, 5.74) is 0. The molecule has 0 aliphatic rings. The van der Waals surface area contributed by atoms with Crippen molar-refractivity contribution in [1.29, 1.82) is 0 Å². The predicted molar refractivity (Wildman–Crippen MR) is 455 cm³/mol. The molecule has 19 heteroatoms. The second-order valence-corrected chi connectivity index (χ2v) is 37.0. The van der Waals surface area contributed by atoms with Crippen LogP contribution in [0.3, 0.4) is 0 Å². The maximum Gasteiger partial charge on any atom is 0.472 e. The SMILES string of the molecule is CCC(C)CCCCCCCCCCCCCCCCCCCCC(=O)O[C@H](COC(=O)CCCCCCCCC(C)CC)COP(=O)(O)OC[C@H](O)COP(=O)(O)OC[C@@H](COC(=O)CCCCCCCCCCCCCCCCCCCCC(C)C)OC(=O)CCCCCCCCCCCCCCCCC(C)C. The molecule has 0 saturated carbocycles. The molecule has 110 heavy (non-hydrogen) atoms. The number of hydrogen-bond donors (Lipinski definition) is 3. The molecule has 0 aliphatic carbocycles. The van der Waals surface area contributed by atoms with Crippen molar-refractivity contribution >= 4 is 39.5 Å². The van der Waals surface area contributed by atoms with Crippen LogP contribution in [0.25, 0.3) is 0 Å². The minimum absolute atomic E-state index is 0.107. The summed E-state index contributed by atoms with van der Waals surface area (Å²) in [6, 6.07) is 0. The fourth-order valence-corrected chi connectivity index (χ4v) is 15.7. The van der Waals surface area contributed by atoms with Crippen molar-refractivity contribution in [2.45, 2.75) is 497 Å². The first-order valence-corrected chi connectivity index (χ1v) is 49.8. The van der Waals surface area contributed by atoms with Crippen LogP contribution >= 0.6 is 15.6 Å². The number of phosphoric acid groups is 2. The normalized spacial score (nSPS) is 14.3. The minimum Gasteiger partial charge on any atom is -0.462 e. The Balaban J connectivity index is 5.20. The lowest BCUT2D eigenvalue weighted by atomic mass is 9.99. The molecular formula is C91H178O17P2. The van der Waals surface area contributed by atoms with Gasteiger partial charge < -0.3 is 33.8 Å². The van der Waals surface area contributed by atoms with Gasteiger partial charge >= 0.3 is 39.5 Å². The summed E-state index contributed by atoms with van der Waals surface area (Å²) >= 11 is 0. The second kappa shape index (κ2) is 79.5. The summed E-state index contributed by atoms with van der Waals surface area (Å²) in [6.07, 6.45) is 70.9. The summed E-state index contributed by atoms with van der Waals surface area (Å²) < 4.78 is 69.0. The maximum absolute atomic E-state index is 13.2. The average Bonchev–Trinajstić information content (AvgIpc) is 0.898. The zero-order valence-electron chi connectivity index (χ0n) is 72.9. The number of carbonyl (C=O) groups is 4. The Morgan fingerprint density at radius 3 is 0.645 bits per heavy atom. The number of phosphoric ester groups is 2. The number of aliphatic hydroxyl groups is 1. The predicted octanol–water partition coefficient (Wildman–Crippen LogP) is 27.9. The molecule has 0 amide bonds. The molecule has 0 radical (unpaired) electrons. The van der Waals surface area contributed by atoms with Gasteiger partial charge in [-0.25, -0.2) is 9.13 Å². The van der Waals surface area contributed by atoms with Gasteiger partial charge in [0.25, 0.3) is 0 Å². The van der Waals surface area contributed by atoms with E-state index in [4.69, 9.17) is 37.0 Å². The number of carbonyl (C=O) groups excluding carboxylic acids is 4. The third-order valence-corrected chi connectivity index (χ3v) is 23.9. The largest absolute Gasteiger partial charge is 0.472 e. The Morgan fingerprint density at radius 1 is 0.255 bits per heavy atom. The minimum atomic E-state index is -4.97. The van der Waals surface area contributed by atoms with Crippen molar-refractivity contribution in [2.75, 3.05) is 39.6 Å². The van der Waals surface area contributed by atoms with Crippen LogP contribution < -0.4 is 0 Å². The van der Waals surface area contributed by atoms with E-state index in [0.29, 0.717) is 25.7 Å². The molecule has 0 spiro atoms. The average molecular weight is 1610 g/mol. The molecule has 0 aromatic heterocycles. The van der Waals surface area contributed by atoms with Crippen LogP contribution in [0.15, 0.2) is 0 Å². The van der Waals surface area contributed by atoms with E-state index in [1.807, 2.05) is 0 Å². The number of unbranched alkanes of at least 4 members (excludes halogenated alkanes) is 52. The number of esters is 4. The smallest absolute Gasteiger partial charge is 0.462 e. The molecule has 0 bridgehead atoms. The first-order chi connectivity index (χ1) is 53.2. The van der Waals surface area contributed by atoms with Gasteiger partial charge in [-0.1, -0.05) is 428 Å². The van der Waals surface area contributed by atoms with E-state index >= 15 is 0 Å². The second-order valence-electron chi connectivity index (χ2n) is 34.1. The zero-order valence-corrected chi connectivity index (χ0v) is 74.7. The standard InChI is InChI=1S/C91H178O17P2/c1-9-83(7)69-61-53-45-39-33-27-20-16-12-14-18-22-29-35-41-47-57-65-74-91(96)108-87(78-102-89(94)72-64-56-50-49-54-62-70-84(8)10-2)80-106-110(99,100)104-76-85(92)75-103-109(97,98)105-79-86(107-90(95)73-66-58-48-42-36-30-24-23-26-32-38-44-52-60-68-82(5)6)77-101-88(93)71-63-55-46-40-34-28-21-17-13-11-15-19-25-31-37-43-51-59-67-81(3)4/h81-87,92H,9-80H2,1-8H3,(H,97,98)(H,99,100)/t83?,84?,85-,86-,87-/m1/s1. The maximum atomic E-state index is 13.2. The summed E-state index contributed by atoms with van der Waals surface area (Å²) in [4.78, 5) is 73.4. The third-order valence-electron chi connectivity index (χ3n) is 22.0. The zero-order chi connectivity index (χ0) is 80.9. The van der Waals surface area contributed by atoms with Crippen molar-refractivity contribution in [3.63, 3.8) is 0 Å². The lowest BCUT2D eigenvalue weighted by Crippen LogP contribution is -2.30. The first kappa shape index (κ1) is 108. The van der Waals surface area contributed by atoms with Crippen LogP contribution in [0.5, 0.6) is 0 Å². The molecule has 0 aromatic rings. The van der Waals surface area contributed by atoms with Gasteiger partial charge in [0.2, 0.25) is 0 Å². The fraction of sp³-hybridized carbons (Fsp3) is 0.956. The molecule has 0 saturated heterocycles. The number of rotatable bonds is 88. The van der Waals surface area contributed by atoms with Gasteiger partial charge in [0.1, 0.15) is 19.3 Å². The van der Waals surface area contributed by atoms with Crippen molar-refractivity contribution in [2.24, 2.45) is 23.7 Å². The van der Waals surface area contributed by atoms with Crippen LogP contribution in [0.1, 0.15) is 479 Å². The van der Waals surface area contributed by atoms with E-state index in [1.165, 1.54) is 276 Å². The Labute approximate surface area is 677 Å². The molecule has 0 heterocycles. The fourth-order valence-electron chi connectivity index (χ4n) is 14.1. The Bertz CT molecular complexity index is 2130. The third kappa shape index (κ3) is 81.2. The quantitative estimate of drug-likeness (QED) is 0.0222. The van der Waals surface area contributed by atoms with E-state index < -0.39 is 97.5 Å². The van der Waals surface area contributed by atoms with Crippen molar-refractivity contribution < 1.29 is 80.2 Å². The van der Waals surface area contributed by atoms with Crippen LogP contribution in [-0.2, 0) is 65.4 Å². The number of hydrogen-bond acceptors (Lipinski definition) is 15. The van der Waals surface area contributed by atoms with Crippen molar-refractivity contribution in [3.8, 4) is 0 Å². The summed E-state index contributed by atoms with van der Waals surface area (Å²) in [5.74, 6) is 1.12. The Kier molecular flexibility index (Phi) is 78.1. The van der Waals surface area contributed by atoms with Gasteiger partial charge in [-0.05, 0) is 49.4 Å². The van der Waals surface area contributed by atoms with E-state index in [9.17, 15) is 43.2 Å². The molecule has 7 atom stereocenters. The molecule has 17 nitrogen and oxygen atoms in total. The monoisotopic (exact) mass is 1610 g/mol. The van der Waals surface area contributed by atoms with Gasteiger partial charge in [0.05, 0.1) is 26.4 Å². The highest BCUT2D eigenvalue weighted by Crippen LogP contribution is 2.45. The molecule has 0 fully saturated rings. The van der Waals surface area contributed by atoms with E-state index in [1.54, 1.807) is 0 Å². The highest BCUT2D eigenvalue weighted by atomic mass is 31.2. The topological polar surface area (TPSA) is 237 Å². The van der Waals surface area contributed by atoms with E-state index in [0.717, 1.165) is 120 Å². The summed E-state index contributed by atoms with van der Waals surface area (Å²) in [7, 11) is -9.94. The van der Waals surface area contributed by atoms with Crippen molar-refractivity contribution in [1.82, 2.24) is 0 Å². The molecule has 654 valence electrons. The van der Waals surface area contributed by atoms with Gasteiger partial charge in [-0.2, -0.15) is 0 Å². The first-order valence-electron chi connectivity index (χ1n) is 46.8. The molecule has 0 aromatic carbocycles. The Hall–Kier alpha value is -1.94. The Morgan fingerprint density at radius 2 is 0.436 bits per heavy atom. The number of ether oxygens (including phenoxy) is 4. The van der Waals surface area contributed by atoms with Crippen LogP contribution in [0, 0.1) is 23.7 Å². The number of aliphatic hydroxyl groups excluding tert-OH is 1. The van der Waals surface area contributed by atoms with E-state index in [-0.39, 0.29) is 25.7 Å². The van der Waals surface area contributed by atoms with Crippen LogP contribution in [-0.4, -0.2) is 96.7 Å². The lowest BCUT2D eigenvalue weighted by molar-refractivity contribution is -0.161. The van der Waals surface area contributed by atoms with Crippen LogP contribution in [0.2, 0.25) is 0 Å².